The fourth-order valence-corrected chi connectivity index (χ4v) is 2.14. The van der Waals surface area contributed by atoms with Gasteiger partial charge >= 0.3 is 0 Å². The molecule has 0 aliphatic carbocycles. The Morgan fingerprint density at radius 2 is 1.94 bits per heavy atom. The third-order valence-electron chi connectivity index (χ3n) is 2.73. The molecule has 2 aromatic carbocycles. The van der Waals surface area contributed by atoms with E-state index in [2.05, 4.69) is 35.0 Å². The van der Waals surface area contributed by atoms with Crippen molar-refractivity contribution in [3.05, 3.63) is 64.1 Å². The van der Waals surface area contributed by atoms with Crippen molar-refractivity contribution in [2.75, 3.05) is 6.61 Å². The maximum absolute atomic E-state index is 6.12. The van der Waals surface area contributed by atoms with Crippen LogP contribution in [0.5, 0.6) is 5.75 Å². The predicted molar refractivity (Wildman–Crippen MR) is 77.7 cm³/mol. The SMILES string of the molecule is Cc1cccc(C(N)COc2ccccc2Br)c1. The van der Waals surface area contributed by atoms with Crippen LogP contribution in [0.4, 0.5) is 0 Å². The van der Waals surface area contributed by atoms with Crippen LogP contribution in [-0.4, -0.2) is 6.61 Å². The third kappa shape index (κ3) is 3.34. The summed E-state index contributed by atoms with van der Waals surface area (Å²) in [7, 11) is 0. The van der Waals surface area contributed by atoms with Crippen molar-refractivity contribution >= 4 is 15.9 Å². The van der Waals surface area contributed by atoms with Crippen LogP contribution < -0.4 is 10.5 Å². The average Bonchev–Trinajstić information content (AvgIpc) is 2.37. The first kappa shape index (κ1) is 13.1. The van der Waals surface area contributed by atoms with Crippen molar-refractivity contribution in [2.24, 2.45) is 5.73 Å². The molecule has 0 saturated carbocycles. The molecule has 18 heavy (non-hydrogen) atoms. The Kier molecular flexibility index (Phi) is 4.39. The number of benzene rings is 2. The minimum atomic E-state index is -0.114. The van der Waals surface area contributed by atoms with E-state index >= 15 is 0 Å². The number of rotatable bonds is 4. The quantitative estimate of drug-likeness (QED) is 0.931. The lowest BCUT2D eigenvalue weighted by Gasteiger charge is -2.14. The molecule has 2 N–H and O–H groups in total. The largest absolute Gasteiger partial charge is 0.490 e. The summed E-state index contributed by atoms with van der Waals surface area (Å²) >= 11 is 3.45. The number of hydrogen-bond donors (Lipinski definition) is 1. The van der Waals surface area contributed by atoms with Gasteiger partial charge in [0.25, 0.3) is 0 Å². The maximum Gasteiger partial charge on any atom is 0.133 e. The normalized spacial score (nSPS) is 12.2. The number of ether oxygens (including phenoxy) is 1. The van der Waals surface area contributed by atoms with Crippen LogP contribution in [0.3, 0.4) is 0 Å². The molecular formula is C15H16BrNO. The van der Waals surface area contributed by atoms with Crippen molar-refractivity contribution in [3.63, 3.8) is 0 Å². The predicted octanol–water partition coefficient (Wildman–Crippen LogP) is 3.84. The van der Waals surface area contributed by atoms with E-state index in [9.17, 15) is 0 Å². The van der Waals surface area contributed by atoms with Gasteiger partial charge in [0.1, 0.15) is 12.4 Å². The standard InChI is InChI=1S/C15H16BrNO/c1-11-5-4-6-12(9-11)14(17)10-18-15-8-3-2-7-13(15)16/h2-9,14H,10,17H2,1H3. The van der Waals surface area contributed by atoms with E-state index in [1.165, 1.54) is 5.56 Å². The van der Waals surface area contributed by atoms with Crippen molar-refractivity contribution in [2.45, 2.75) is 13.0 Å². The van der Waals surface area contributed by atoms with Gasteiger partial charge in [-0.15, -0.1) is 0 Å². The molecule has 0 aliphatic rings. The molecule has 1 unspecified atom stereocenters. The van der Waals surface area contributed by atoms with E-state index in [1.807, 2.05) is 36.4 Å². The van der Waals surface area contributed by atoms with Crippen molar-refractivity contribution in [3.8, 4) is 5.75 Å². The van der Waals surface area contributed by atoms with E-state index in [1.54, 1.807) is 0 Å². The van der Waals surface area contributed by atoms with Gasteiger partial charge in [-0.2, -0.15) is 0 Å². The van der Waals surface area contributed by atoms with Crippen LogP contribution in [0, 0.1) is 6.92 Å². The summed E-state index contributed by atoms with van der Waals surface area (Å²) in [4.78, 5) is 0. The molecule has 0 bridgehead atoms. The Hall–Kier alpha value is -1.32. The van der Waals surface area contributed by atoms with Crippen LogP contribution in [0.2, 0.25) is 0 Å². The zero-order valence-corrected chi connectivity index (χ0v) is 11.9. The van der Waals surface area contributed by atoms with E-state index in [4.69, 9.17) is 10.5 Å². The average molecular weight is 306 g/mol. The molecule has 2 rings (SSSR count). The Balaban J connectivity index is 2.00. The molecule has 0 heterocycles. The molecule has 1 atom stereocenters. The summed E-state index contributed by atoms with van der Waals surface area (Å²) in [6.45, 7) is 2.52. The van der Waals surface area contributed by atoms with Crippen LogP contribution in [0.25, 0.3) is 0 Å². The molecule has 0 spiro atoms. The monoisotopic (exact) mass is 305 g/mol. The Labute approximate surface area is 116 Å². The molecule has 0 aromatic heterocycles. The lowest BCUT2D eigenvalue weighted by molar-refractivity contribution is 0.289. The molecule has 0 fully saturated rings. The molecule has 94 valence electrons. The number of nitrogens with two attached hydrogens (primary N) is 1. The van der Waals surface area contributed by atoms with Crippen LogP contribution in [0.15, 0.2) is 53.0 Å². The molecular weight excluding hydrogens is 290 g/mol. The lowest BCUT2D eigenvalue weighted by Crippen LogP contribution is -2.19. The first-order valence-corrected chi connectivity index (χ1v) is 6.65. The third-order valence-corrected chi connectivity index (χ3v) is 3.38. The number of hydrogen-bond acceptors (Lipinski definition) is 2. The van der Waals surface area contributed by atoms with Crippen LogP contribution >= 0.6 is 15.9 Å². The highest BCUT2D eigenvalue weighted by atomic mass is 79.9. The maximum atomic E-state index is 6.12. The smallest absolute Gasteiger partial charge is 0.133 e. The second kappa shape index (κ2) is 6.03. The van der Waals surface area contributed by atoms with Crippen molar-refractivity contribution < 1.29 is 4.74 Å². The topological polar surface area (TPSA) is 35.2 Å². The second-order valence-electron chi connectivity index (χ2n) is 4.26. The first-order chi connectivity index (χ1) is 8.66. The molecule has 2 nitrogen and oxygen atoms in total. The first-order valence-electron chi connectivity index (χ1n) is 5.86. The molecule has 2 aromatic rings. The van der Waals surface area contributed by atoms with Gasteiger partial charge in [-0.1, -0.05) is 42.0 Å². The van der Waals surface area contributed by atoms with Gasteiger partial charge in [0.15, 0.2) is 0 Å². The van der Waals surface area contributed by atoms with E-state index < -0.39 is 0 Å². The van der Waals surface area contributed by atoms with Crippen molar-refractivity contribution in [1.29, 1.82) is 0 Å². The Morgan fingerprint density at radius 1 is 1.17 bits per heavy atom. The summed E-state index contributed by atoms with van der Waals surface area (Å²) in [6.07, 6.45) is 0. The van der Waals surface area contributed by atoms with Crippen LogP contribution in [-0.2, 0) is 0 Å². The summed E-state index contributed by atoms with van der Waals surface area (Å²) in [6, 6.07) is 15.9. The van der Waals surface area contributed by atoms with Crippen molar-refractivity contribution in [1.82, 2.24) is 0 Å². The molecule has 0 saturated heterocycles. The number of halogens is 1. The van der Waals surface area contributed by atoms with E-state index in [0.717, 1.165) is 15.8 Å². The highest BCUT2D eigenvalue weighted by molar-refractivity contribution is 9.10. The zero-order valence-electron chi connectivity index (χ0n) is 10.3. The highest BCUT2D eigenvalue weighted by Gasteiger charge is 2.08. The summed E-state index contributed by atoms with van der Waals surface area (Å²) in [5, 5.41) is 0. The molecule has 3 heteroatoms. The summed E-state index contributed by atoms with van der Waals surface area (Å²) in [5.41, 5.74) is 8.43. The molecule has 0 amide bonds. The minimum absolute atomic E-state index is 0.114. The fraction of sp³-hybridized carbons (Fsp3) is 0.200. The minimum Gasteiger partial charge on any atom is -0.490 e. The fourth-order valence-electron chi connectivity index (χ4n) is 1.74. The van der Waals surface area contributed by atoms with Gasteiger partial charge in [0.05, 0.1) is 10.5 Å². The van der Waals surface area contributed by atoms with Gasteiger partial charge in [0.2, 0.25) is 0 Å². The zero-order chi connectivity index (χ0) is 13.0. The van der Waals surface area contributed by atoms with Gasteiger partial charge in [-0.3, -0.25) is 0 Å². The summed E-state index contributed by atoms with van der Waals surface area (Å²) < 4.78 is 6.67. The second-order valence-corrected chi connectivity index (χ2v) is 5.12. The number of para-hydroxylation sites is 1. The number of aryl methyl sites for hydroxylation is 1. The van der Waals surface area contributed by atoms with Gasteiger partial charge in [-0.05, 0) is 40.5 Å². The molecule has 0 radical (unpaired) electrons. The molecule has 0 aliphatic heterocycles. The summed E-state index contributed by atoms with van der Waals surface area (Å²) in [5.74, 6) is 0.820. The Morgan fingerprint density at radius 3 is 2.67 bits per heavy atom. The highest BCUT2D eigenvalue weighted by Crippen LogP contribution is 2.24. The van der Waals surface area contributed by atoms with E-state index in [0.29, 0.717) is 6.61 Å². The van der Waals surface area contributed by atoms with Gasteiger partial charge in [0, 0.05) is 0 Å². The van der Waals surface area contributed by atoms with Gasteiger partial charge < -0.3 is 10.5 Å². The lowest BCUT2D eigenvalue weighted by atomic mass is 10.1. The Bertz CT molecular complexity index is 527. The van der Waals surface area contributed by atoms with Crippen LogP contribution in [0.1, 0.15) is 17.2 Å². The van der Waals surface area contributed by atoms with E-state index in [-0.39, 0.29) is 6.04 Å². The van der Waals surface area contributed by atoms with Gasteiger partial charge in [-0.25, -0.2) is 0 Å².